The zero-order chi connectivity index (χ0) is 14.3. The molecule has 0 bridgehead atoms. The third-order valence-corrected chi connectivity index (χ3v) is 2.61. The van der Waals surface area contributed by atoms with Crippen molar-refractivity contribution < 1.29 is 18.9 Å². The van der Waals surface area contributed by atoms with E-state index < -0.39 is 0 Å². The standard InChI is InChI=1S/C13H18FN3O2/c1-15-12(18)7-16-13(19)9-17(2)8-10-3-5-11(14)6-4-10/h3-6H,7-9H2,1-2H3,(H,15,18)(H,16,19)/p+1. The summed E-state index contributed by atoms with van der Waals surface area (Å²) in [5, 5.41) is 4.95. The molecule has 0 spiro atoms. The molecule has 1 aromatic rings. The monoisotopic (exact) mass is 268 g/mol. The summed E-state index contributed by atoms with van der Waals surface area (Å²) in [6, 6.07) is 6.19. The van der Waals surface area contributed by atoms with Gasteiger partial charge >= 0.3 is 0 Å². The fourth-order valence-corrected chi connectivity index (χ4v) is 1.62. The van der Waals surface area contributed by atoms with Gasteiger partial charge in [0, 0.05) is 12.6 Å². The molecule has 0 fully saturated rings. The maximum absolute atomic E-state index is 12.7. The van der Waals surface area contributed by atoms with Gasteiger partial charge in [-0.2, -0.15) is 0 Å². The van der Waals surface area contributed by atoms with E-state index in [1.807, 2.05) is 7.05 Å². The topological polar surface area (TPSA) is 62.6 Å². The number of hydrogen-bond donors (Lipinski definition) is 3. The highest BCUT2D eigenvalue weighted by molar-refractivity contribution is 5.84. The van der Waals surface area contributed by atoms with Gasteiger partial charge in [-0.15, -0.1) is 0 Å². The number of rotatable bonds is 6. The maximum atomic E-state index is 12.7. The van der Waals surface area contributed by atoms with E-state index in [0.717, 1.165) is 10.5 Å². The lowest BCUT2D eigenvalue weighted by Gasteiger charge is -2.13. The van der Waals surface area contributed by atoms with E-state index in [9.17, 15) is 14.0 Å². The molecule has 0 saturated heterocycles. The molecule has 1 atom stereocenters. The Balaban J connectivity index is 2.34. The van der Waals surface area contributed by atoms with Gasteiger partial charge < -0.3 is 15.5 Å². The van der Waals surface area contributed by atoms with E-state index in [-0.39, 0.29) is 30.7 Å². The van der Waals surface area contributed by atoms with Crippen molar-refractivity contribution in [3.8, 4) is 0 Å². The van der Waals surface area contributed by atoms with Gasteiger partial charge in [-0.25, -0.2) is 4.39 Å². The van der Waals surface area contributed by atoms with Crippen LogP contribution in [-0.4, -0.2) is 39.0 Å². The van der Waals surface area contributed by atoms with Gasteiger partial charge in [0.1, 0.15) is 12.4 Å². The Morgan fingerprint density at radius 3 is 2.42 bits per heavy atom. The molecule has 1 rings (SSSR count). The summed E-state index contributed by atoms with van der Waals surface area (Å²) in [4.78, 5) is 23.5. The Bertz CT molecular complexity index is 434. The Labute approximate surface area is 111 Å². The number of hydrogen-bond acceptors (Lipinski definition) is 2. The smallest absolute Gasteiger partial charge is 0.275 e. The fourth-order valence-electron chi connectivity index (χ4n) is 1.62. The lowest BCUT2D eigenvalue weighted by atomic mass is 10.2. The van der Waals surface area contributed by atoms with Crippen LogP contribution < -0.4 is 15.5 Å². The number of halogens is 1. The van der Waals surface area contributed by atoms with Crippen molar-refractivity contribution in [1.29, 1.82) is 0 Å². The summed E-state index contributed by atoms with van der Waals surface area (Å²) in [6.45, 7) is 0.862. The molecule has 0 aliphatic heterocycles. The summed E-state index contributed by atoms with van der Waals surface area (Å²) in [5.41, 5.74) is 0.956. The van der Waals surface area contributed by atoms with Gasteiger partial charge in [0.25, 0.3) is 5.91 Å². The van der Waals surface area contributed by atoms with Crippen molar-refractivity contribution in [3.05, 3.63) is 35.6 Å². The van der Waals surface area contributed by atoms with Crippen LogP contribution >= 0.6 is 0 Å². The summed E-state index contributed by atoms with van der Waals surface area (Å²) in [7, 11) is 3.38. The number of benzene rings is 1. The minimum atomic E-state index is -0.273. The number of carbonyl (C=O) groups is 2. The first-order chi connectivity index (χ1) is 9.01. The molecule has 0 radical (unpaired) electrons. The summed E-state index contributed by atoms with van der Waals surface area (Å²) in [5.74, 6) is -0.697. The van der Waals surface area contributed by atoms with Gasteiger partial charge in [0.15, 0.2) is 6.54 Å². The molecule has 0 aliphatic rings. The molecule has 3 N–H and O–H groups in total. The van der Waals surface area contributed by atoms with E-state index >= 15 is 0 Å². The van der Waals surface area contributed by atoms with Gasteiger partial charge in [0.05, 0.1) is 13.6 Å². The van der Waals surface area contributed by atoms with Crippen LogP contribution in [0.1, 0.15) is 5.56 Å². The molecule has 2 amide bonds. The number of quaternary nitrogens is 1. The van der Waals surface area contributed by atoms with Crippen LogP contribution in [0.2, 0.25) is 0 Å². The third-order valence-electron chi connectivity index (χ3n) is 2.61. The third kappa shape index (κ3) is 5.96. The molecule has 0 heterocycles. The van der Waals surface area contributed by atoms with Crippen LogP contribution in [0.5, 0.6) is 0 Å². The van der Waals surface area contributed by atoms with Crippen molar-refractivity contribution >= 4 is 11.8 Å². The summed E-state index contributed by atoms with van der Waals surface area (Å²) in [6.07, 6.45) is 0. The quantitative estimate of drug-likeness (QED) is 0.601. The van der Waals surface area contributed by atoms with Gasteiger partial charge in [0.2, 0.25) is 5.91 Å². The molecule has 104 valence electrons. The normalized spacial score (nSPS) is 11.7. The van der Waals surface area contributed by atoms with Crippen LogP contribution in [0.4, 0.5) is 4.39 Å². The Morgan fingerprint density at radius 2 is 1.84 bits per heavy atom. The summed E-state index contributed by atoms with van der Waals surface area (Å²) < 4.78 is 12.7. The van der Waals surface area contributed by atoms with Gasteiger partial charge in [-0.1, -0.05) is 12.1 Å². The van der Waals surface area contributed by atoms with Crippen LogP contribution in [0, 0.1) is 5.82 Å². The predicted molar refractivity (Wildman–Crippen MR) is 68.9 cm³/mol. The molecule has 1 aromatic carbocycles. The van der Waals surface area contributed by atoms with E-state index in [2.05, 4.69) is 10.6 Å². The highest BCUT2D eigenvalue weighted by Gasteiger charge is 2.11. The largest absolute Gasteiger partial charge is 0.358 e. The second kappa shape index (κ2) is 7.48. The van der Waals surface area contributed by atoms with E-state index in [4.69, 9.17) is 0 Å². The van der Waals surface area contributed by atoms with E-state index in [1.165, 1.54) is 19.2 Å². The minimum absolute atomic E-state index is 0.0147. The molecular formula is C13H19FN3O2+. The van der Waals surface area contributed by atoms with Gasteiger partial charge in [-0.3, -0.25) is 9.59 Å². The Morgan fingerprint density at radius 1 is 1.21 bits per heavy atom. The molecule has 19 heavy (non-hydrogen) atoms. The highest BCUT2D eigenvalue weighted by atomic mass is 19.1. The number of amides is 2. The number of nitrogens with one attached hydrogen (secondary N) is 3. The second-order valence-corrected chi connectivity index (χ2v) is 4.39. The Hall–Kier alpha value is -1.95. The average molecular weight is 268 g/mol. The molecule has 0 aliphatic carbocycles. The molecule has 1 unspecified atom stereocenters. The van der Waals surface area contributed by atoms with Crippen LogP contribution in [0.25, 0.3) is 0 Å². The lowest BCUT2D eigenvalue weighted by Crippen LogP contribution is -3.08. The van der Waals surface area contributed by atoms with Crippen molar-refractivity contribution in [2.24, 2.45) is 0 Å². The van der Waals surface area contributed by atoms with Gasteiger partial charge in [-0.05, 0) is 12.1 Å². The van der Waals surface area contributed by atoms with E-state index in [1.54, 1.807) is 12.1 Å². The zero-order valence-electron chi connectivity index (χ0n) is 11.1. The SMILES string of the molecule is CNC(=O)CNC(=O)C[NH+](C)Cc1ccc(F)cc1. The first-order valence-electron chi connectivity index (χ1n) is 6.04. The average Bonchev–Trinajstić information content (AvgIpc) is 2.38. The highest BCUT2D eigenvalue weighted by Crippen LogP contribution is 2.00. The molecule has 0 aromatic heterocycles. The predicted octanol–water partition coefficient (Wildman–Crippen LogP) is -1.30. The first kappa shape index (κ1) is 15.1. The minimum Gasteiger partial charge on any atom is -0.358 e. The number of likely N-dealkylation sites (N-methyl/N-ethyl adjacent to an activating group) is 2. The fraction of sp³-hybridized carbons (Fsp3) is 0.385. The number of carbonyl (C=O) groups excluding carboxylic acids is 2. The van der Waals surface area contributed by atoms with E-state index in [0.29, 0.717) is 6.54 Å². The van der Waals surface area contributed by atoms with Crippen LogP contribution in [0.3, 0.4) is 0 Å². The van der Waals surface area contributed by atoms with Crippen LogP contribution in [-0.2, 0) is 16.1 Å². The first-order valence-corrected chi connectivity index (χ1v) is 6.04. The second-order valence-electron chi connectivity index (χ2n) is 4.39. The maximum Gasteiger partial charge on any atom is 0.275 e. The van der Waals surface area contributed by atoms with Crippen molar-refractivity contribution in [2.45, 2.75) is 6.54 Å². The van der Waals surface area contributed by atoms with Crippen molar-refractivity contribution in [1.82, 2.24) is 10.6 Å². The van der Waals surface area contributed by atoms with Crippen LogP contribution in [0.15, 0.2) is 24.3 Å². The molecular weight excluding hydrogens is 249 g/mol. The molecule has 0 saturated carbocycles. The zero-order valence-corrected chi connectivity index (χ0v) is 11.1. The Kier molecular flexibility index (Phi) is 5.95. The van der Waals surface area contributed by atoms with Crippen molar-refractivity contribution in [2.75, 3.05) is 27.2 Å². The van der Waals surface area contributed by atoms with Crippen molar-refractivity contribution in [3.63, 3.8) is 0 Å². The molecule has 6 heteroatoms. The summed E-state index contributed by atoms with van der Waals surface area (Å²) >= 11 is 0. The molecule has 5 nitrogen and oxygen atoms in total. The lowest BCUT2D eigenvalue weighted by molar-refractivity contribution is -0.885.